The second kappa shape index (κ2) is 5.92. The van der Waals surface area contributed by atoms with E-state index >= 15 is 0 Å². The third kappa shape index (κ3) is 2.44. The van der Waals surface area contributed by atoms with E-state index in [-0.39, 0.29) is 0 Å². The maximum atomic E-state index is 9.51. The van der Waals surface area contributed by atoms with Crippen molar-refractivity contribution in [3.8, 4) is 17.4 Å². The van der Waals surface area contributed by atoms with Gasteiger partial charge in [0.1, 0.15) is 12.4 Å². The number of nitrogens with zero attached hydrogens (tertiary/aromatic N) is 6. The molecule has 130 valence electrons. The Morgan fingerprint density at radius 2 is 1.93 bits per heavy atom. The van der Waals surface area contributed by atoms with E-state index in [4.69, 9.17) is 0 Å². The number of aromatic nitrogens is 5. The minimum Gasteiger partial charge on any atom is -0.299 e. The highest BCUT2D eigenvalue weighted by molar-refractivity contribution is 5.58. The monoisotopic (exact) mass is 352 g/mol. The Balaban J connectivity index is 1.73. The maximum Gasteiger partial charge on any atom is 0.162 e. The van der Waals surface area contributed by atoms with E-state index in [9.17, 15) is 5.26 Å². The second-order valence-electron chi connectivity index (χ2n) is 6.75. The molecule has 0 fully saturated rings. The number of rotatable bonds is 2. The lowest BCUT2D eigenvalue weighted by Gasteiger charge is -2.10. The van der Waals surface area contributed by atoms with E-state index in [0.29, 0.717) is 18.5 Å². The third-order valence-corrected chi connectivity index (χ3v) is 4.98. The van der Waals surface area contributed by atoms with E-state index in [1.807, 2.05) is 33.5 Å². The topological polar surface area (TPSA) is 72.3 Å². The maximum absolute atomic E-state index is 9.51. The van der Waals surface area contributed by atoms with Gasteiger partial charge in [-0.25, -0.2) is 9.67 Å². The van der Waals surface area contributed by atoms with Crippen molar-refractivity contribution in [1.82, 2.24) is 24.5 Å². The molecule has 0 unspecified atom stereocenters. The molecule has 0 spiro atoms. The first-order valence-corrected chi connectivity index (χ1v) is 8.79. The number of fused-ring (bicyclic) bond motifs is 5. The minimum absolute atomic E-state index is 0.446. The molecule has 6 heteroatoms. The molecule has 0 saturated heterocycles. The van der Waals surface area contributed by atoms with Crippen molar-refractivity contribution in [2.45, 2.75) is 19.8 Å². The lowest BCUT2D eigenvalue weighted by Crippen LogP contribution is -2.04. The molecule has 0 amide bonds. The van der Waals surface area contributed by atoms with Gasteiger partial charge in [-0.3, -0.25) is 4.57 Å². The Labute approximate surface area is 156 Å². The van der Waals surface area contributed by atoms with Gasteiger partial charge in [0.05, 0.1) is 28.5 Å². The molecule has 0 aliphatic carbocycles. The summed E-state index contributed by atoms with van der Waals surface area (Å²) in [5, 5.41) is 18.4. The Hall–Kier alpha value is -3.72. The molecule has 0 N–H and O–H groups in total. The molecule has 27 heavy (non-hydrogen) atoms. The molecule has 3 heterocycles. The lowest BCUT2D eigenvalue weighted by molar-refractivity contribution is 0.776. The minimum atomic E-state index is 0.446. The quantitative estimate of drug-likeness (QED) is 0.489. The molecular weight excluding hydrogens is 336 g/mol. The number of hydrogen-bond donors (Lipinski definition) is 0. The average molecular weight is 352 g/mol. The van der Waals surface area contributed by atoms with Crippen LogP contribution < -0.4 is 0 Å². The van der Waals surface area contributed by atoms with Crippen LogP contribution in [0.1, 0.15) is 33.9 Å². The fraction of sp³-hybridized carbons (Fsp3) is 0.143. The Kier molecular flexibility index (Phi) is 3.41. The van der Waals surface area contributed by atoms with Gasteiger partial charge in [0, 0.05) is 12.8 Å². The molecule has 2 aromatic heterocycles. The van der Waals surface area contributed by atoms with Crippen molar-refractivity contribution >= 4 is 0 Å². The first kappa shape index (κ1) is 15.5. The fourth-order valence-corrected chi connectivity index (χ4v) is 3.64. The Morgan fingerprint density at radius 1 is 1.07 bits per heavy atom. The van der Waals surface area contributed by atoms with Crippen LogP contribution in [0.3, 0.4) is 0 Å². The fourth-order valence-electron chi connectivity index (χ4n) is 3.64. The highest BCUT2D eigenvalue weighted by Gasteiger charge is 2.26. The normalized spacial score (nSPS) is 11.9. The molecule has 1 aliphatic rings. The number of hydrogen-bond acceptors (Lipinski definition) is 4. The summed E-state index contributed by atoms with van der Waals surface area (Å²) < 4.78 is 3.91. The van der Waals surface area contributed by atoms with Crippen LogP contribution in [0.2, 0.25) is 0 Å². The SMILES string of the molecule is Cc1ccc2c(c1)-n1nnc(Cc3ccccc3)c1Cc1c(C#N)ncn1-2. The molecule has 6 nitrogen and oxygen atoms in total. The molecule has 0 atom stereocenters. The highest BCUT2D eigenvalue weighted by atomic mass is 15.4. The largest absolute Gasteiger partial charge is 0.299 e. The zero-order valence-electron chi connectivity index (χ0n) is 14.8. The van der Waals surface area contributed by atoms with Crippen molar-refractivity contribution in [1.29, 1.82) is 5.26 Å². The Bertz CT molecular complexity index is 1190. The summed E-state index contributed by atoms with van der Waals surface area (Å²) >= 11 is 0. The summed E-state index contributed by atoms with van der Waals surface area (Å²) in [5.41, 5.74) is 7.48. The zero-order chi connectivity index (χ0) is 18.4. The second-order valence-corrected chi connectivity index (χ2v) is 6.75. The number of benzene rings is 2. The van der Waals surface area contributed by atoms with Gasteiger partial charge in [0.25, 0.3) is 0 Å². The lowest BCUT2D eigenvalue weighted by atomic mass is 10.1. The van der Waals surface area contributed by atoms with Crippen LogP contribution in [0, 0.1) is 18.3 Å². The van der Waals surface area contributed by atoms with Crippen molar-refractivity contribution in [2.75, 3.05) is 0 Å². The predicted octanol–water partition coefficient (Wildman–Crippen LogP) is 3.13. The smallest absolute Gasteiger partial charge is 0.162 e. The van der Waals surface area contributed by atoms with E-state index in [0.717, 1.165) is 34.0 Å². The molecule has 5 rings (SSSR count). The Morgan fingerprint density at radius 3 is 2.74 bits per heavy atom. The van der Waals surface area contributed by atoms with E-state index < -0.39 is 0 Å². The predicted molar refractivity (Wildman–Crippen MR) is 100.0 cm³/mol. The van der Waals surface area contributed by atoms with Crippen LogP contribution in [0.25, 0.3) is 11.4 Å². The molecule has 0 radical (unpaired) electrons. The summed E-state index contributed by atoms with van der Waals surface area (Å²) in [6, 6.07) is 18.7. The third-order valence-electron chi connectivity index (χ3n) is 4.98. The van der Waals surface area contributed by atoms with Gasteiger partial charge in [0.2, 0.25) is 0 Å². The van der Waals surface area contributed by atoms with Gasteiger partial charge in [-0.05, 0) is 30.2 Å². The molecule has 2 aromatic carbocycles. The average Bonchev–Trinajstić information content (AvgIpc) is 3.24. The summed E-state index contributed by atoms with van der Waals surface area (Å²) in [7, 11) is 0. The zero-order valence-corrected chi connectivity index (χ0v) is 14.8. The number of imidazole rings is 1. The van der Waals surface area contributed by atoms with Crippen molar-refractivity contribution in [3.63, 3.8) is 0 Å². The van der Waals surface area contributed by atoms with Gasteiger partial charge in [-0.15, -0.1) is 5.10 Å². The number of nitriles is 1. The molecule has 4 aromatic rings. The van der Waals surface area contributed by atoms with E-state index in [1.54, 1.807) is 6.33 Å². The molecule has 0 saturated carbocycles. The molecule has 1 aliphatic heterocycles. The van der Waals surface area contributed by atoms with E-state index in [1.165, 1.54) is 5.56 Å². The standard InChI is InChI=1S/C21H16N6/c1-14-7-8-18-21(9-14)27-20(11-19-17(12-22)23-13-26(18)19)16(24-25-27)10-15-5-3-2-4-6-15/h2-9,13H,10-11H2,1H3. The van der Waals surface area contributed by atoms with E-state index in [2.05, 4.69) is 52.6 Å². The van der Waals surface area contributed by atoms with Gasteiger partial charge >= 0.3 is 0 Å². The first-order chi connectivity index (χ1) is 13.2. The molecule has 0 bridgehead atoms. The van der Waals surface area contributed by atoms with Crippen LogP contribution in [-0.4, -0.2) is 24.5 Å². The van der Waals surface area contributed by atoms with Gasteiger partial charge < -0.3 is 0 Å². The summed E-state index contributed by atoms with van der Waals surface area (Å²) in [6.07, 6.45) is 2.98. The van der Waals surface area contributed by atoms with Crippen molar-refractivity contribution in [3.05, 3.63) is 88.8 Å². The van der Waals surface area contributed by atoms with Crippen LogP contribution in [0.15, 0.2) is 54.9 Å². The summed E-state index contributed by atoms with van der Waals surface area (Å²) in [5.74, 6) is 0. The van der Waals surface area contributed by atoms with Crippen LogP contribution >= 0.6 is 0 Å². The van der Waals surface area contributed by atoms with Gasteiger partial charge in [0.15, 0.2) is 5.69 Å². The van der Waals surface area contributed by atoms with Crippen molar-refractivity contribution < 1.29 is 0 Å². The molecular formula is C21H16N6. The van der Waals surface area contributed by atoms with Crippen LogP contribution in [0.5, 0.6) is 0 Å². The summed E-state index contributed by atoms with van der Waals surface area (Å²) in [4.78, 5) is 4.30. The van der Waals surface area contributed by atoms with Gasteiger partial charge in [-0.1, -0.05) is 41.6 Å². The number of aryl methyl sites for hydroxylation is 1. The highest BCUT2D eigenvalue weighted by Crippen LogP contribution is 2.31. The van der Waals surface area contributed by atoms with Gasteiger partial charge in [-0.2, -0.15) is 5.26 Å². The van der Waals surface area contributed by atoms with Crippen LogP contribution in [-0.2, 0) is 12.8 Å². The first-order valence-electron chi connectivity index (χ1n) is 8.79. The van der Waals surface area contributed by atoms with Crippen molar-refractivity contribution in [2.24, 2.45) is 0 Å². The summed E-state index contributed by atoms with van der Waals surface area (Å²) in [6.45, 7) is 2.06. The van der Waals surface area contributed by atoms with Crippen LogP contribution in [0.4, 0.5) is 0 Å².